The molecule has 6 nitrogen and oxygen atoms in total. The summed E-state index contributed by atoms with van der Waals surface area (Å²) in [5.41, 5.74) is 2.39. The molecule has 1 aromatic heterocycles. The van der Waals surface area contributed by atoms with Crippen molar-refractivity contribution in [3.63, 3.8) is 0 Å². The summed E-state index contributed by atoms with van der Waals surface area (Å²) in [5.74, 6) is 0.794. The van der Waals surface area contributed by atoms with Gasteiger partial charge in [-0.3, -0.25) is 10.1 Å². The second-order valence-electron chi connectivity index (χ2n) is 5.96. The van der Waals surface area contributed by atoms with Crippen LogP contribution in [-0.2, 0) is 0 Å². The third kappa shape index (κ3) is 4.47. The van der Waals surface area contributed by atoms with E-state index < -0.39 is 0 Å². The molecule has 6 heteroatoms. The van der Waals surface area contributed by atoms with Gasteiger partial charge in [0, 0.05) is 11.1 Å². The normalized spacial score (nSPS) is 10.5. The third-order valence-electron chi connectivity index (χ3n) is 3.79. The van der Waals surface area contributed by atoms with E-state index in [0.29, 0.717) is 18.1 Å². The summed E-state index contributed by atoms with van der Waals surface area (Å²) in [4.78, 5) is 12.3. The van der Waals surface area contributed by atoms with Crippen LogP contribution >= 0.6 is 0 Å². The van der Waals surface area contributed by atoms with Crippen LogP contribution in [0.5, 0.6) is 5.75 Å². The highest BCUT2D eigenvalue weighted by Crippen LogP contribution is 2.21. The molecule has 3 rings (SSSR count). The number of ether oxygens (including phenoxy) is 1. The van der Waals surface area contributed by atoms with Crippen LogP contribution in [0.4, 0.5) is 6.01 Å². The van der Waals surface area contributed by atoms with Crippen molar-refractivity contribution < 1.29 is 13.9 Å². The Morgan fingerprint density at radius 3 is 2.69 bits per heavy atom. The van der Waals surface area contributed by atoms with Crippen LogP contribution in [0.2, 0.25) is 0 Å². The number of hydrogen-bond acceptors (Lipinski definition) is 5. The number of hydrogen-bond donors (Lipinski definition) is 1. The van der Waals surface area contributed by atoms with Crippen LogP contribution in [0, 0.1) is 6.92 Å². The first kappa shape index (κ1) is 17.7. The summed E-state index contributed by atoms with van der Waals surface area (Å²) < 4.78 is 11.1. The van der Waals surface area contributed by atoms with E-state index >= 15 is 0 Å². The molecule has 0 aliphatic rings. The van der Waals surface area contributed by atoms with Crippen molar-refractivity contribution in [1.29, 1.82) is 0 Å². The molecule has 3 aromatic rings. The average Bonchev–Trinajstić information content (AvgIpc) is 3.11. The number of carbonyl (C=O) groups is 1. The molecule has 0 spiro atoms. The van der Waals surface area contributed by atoms with Crippen LogP contribution in [0.15, 0.2) is 52.9 Å². The lowest BCUT2D eigenvalue weighted by Crippen LogP contribution is -2.12. The maximum atomic E-state index is 12.3. The minimum Gasteiger partial charge on any atom is -0.494 e. The lowest BCUT2D eigenvalue weighted by molar-refractivity contribution is 0.102. The van der Waals surface area contributed by atoms with Gasteiger partial charge < -0.3 is 9.15 Å². The van der Waals surface area contributed by atoms with E-state index in [4.69, 9.17) is 9.15 Å². The smallest absolute Gasteiger partial charge is 0.322 e. The number of aromatic nitrogens is 2. The number of aryl methyl sites for hydroxylation is 1. The quantitative estimate of drug-likeness (QED) is 0.635. The predicted octanol–water partition coefficient (Wildman–Crippen LogP) is 4.48. The molecule has 0 bridgehead atoms. The van der Waals surface area contributed by atoms with Crippen molar-refractivity contribution in [2.75, 3.05) is 11.9 Å². The lowest BCUT2D eigenvalue weighted by Gasteiger charge is -2.06. The summed E-state index contributed by atoms with van der Waals surface area (Å²) in [6.07, 6.45) is 2.08. The highest BCUT2D eigenvalue weighted by Gasteiger charge is 2.13. The zero-order valence-corrected chi connectivity index (χ0v) is 14.9. The summed E-state index contributed by atoms with van der Waals surface area (Å²) in [6.45, 7) is 4.77. The first-order chi connectivity index (χ1) is 12.7. The molecular weight excluding hydrogens is 330 g/mol. The van der Waals surface area contributed by atoms with Gasteiger partial charge in [0.15, 0.2) is 0 Å². The van der Waals surface area contributed by atoms with Crippen molar-refractivity contribution in [2.45, 2.75) is 26.7 Å². The number of rotatable bonds is 7. The first-order valence-corrected chi connectivity index (χ1v) is 8.60. The monoisotopic (exact) mass is 351 g/mol. The molecule has 0 aliphatic heterocycles. The molecule has 26 heavy (non-hydrogen) atoms. The van der Waals surface area contributed by atoms with Gasteiger partial charge in [0.05, 0.1) is 6.61 Å². The Kier molecular flexibility index (Phi) is 5.63. The fourth-order valence-electron chi connectivity index (χ4n) is 2.37. The molecule has 0 fully saturated rings. The van der Waals surface area contributed by atoms with Gasteiger partial charge in [-0.15, -0.1) is 5.10 Å². The van der Waals surface area contributed by atoms with Crippen molar-refractivity contribution in [3.8, 4) is 17.2 Å². The summed E-state index contributed by atoms with van der Waals surface area (Å²) in [6, 6.07) is 14.7. The molecule has 1 heterocycles. The topological polar surface area (TPSA) is 77.2 Å². The molecule has 0 atom stereocenters. The number of nitrogens with one attached hydrogen (secondary N) is 1. The predicted molar refractivity (Wildman–Crippen MR) is 99.3 cm³/mol. The Morgan fingerprint density at radius 2 is 1.96 bits per heavy atom. The van der Waals surface area contributed by atoms with E-state index in [1.165, 1.54) is 0 Å². The van der Waals surface area contributed by atoms with Gasteiger partial charge in [0.25, 0.3) is 5.91 Å². The molecule has 0 unspecified atom stereocenters. The Bertz CT molecular complexity index is 872. The molecule has 0 radical (unpaired) electrons. The van der Waals surface area contributed by atoms with Crippen LogP contribution in [-0.4, -0.2) is 22.7 Å². The minimum absolute atomic E-state index is 0.0646. The zero-order valence-electron chi connectivity index (χ0n) is 14.9. The third-order valence-corrected chi connectivity index (χ3v) is 3.79. The van der Waals surface area contributed by atoms with Crippen LogP contribution < -0.4 is 10.1 Å². The molecule has 0 saturated heterocycles. The molecule has 0 saturated carbocycles. The van der Waals surface area contributed by atoms with Gasteiger partial charge in [-0.2, -0.15) is 0 Å². The number of unbranched alkanes of at least 4 members (excludes halogenated alkanes) is 1. The summed E-state index contributed by atoms with van der Waals surface area (Å²) >= 11 is 0. The number of nitrogens with zero attached hydrogens (tertiary/aromatic N) is 2. The SMILES string of the molecule is CCCCOc1ccc(C(=O)Nc2nnc(-c3cccc(C)c3)o2)cc1. The fraction of sp³-hybridized carbons (Fsp3) is 0.250. The number of anilines is 1. The van der Waals surface area contributed by atoms with E-state index in [1.807, 2.05) is 31.2 Å². The molecule has 1 amide bonds. The van der Waals surface area contributed by atoms with E-state index in [-0.39, 0.29) is 11.9 Å². The van der Waals surface area contributed by atoms with Crippen molar-refractivity contribution in [3.05, 3.63) is 59.7 Å². The molecule has 0 aliphatic carbocycles. The van der Waals surface area contributed by atoms with E-state index in [0.717, 1.165) is 29.7 Å². The zero-order chi connectivity index (χ0) is 18.4. The average molecular weight is 351 g/mol. The largest absolute Gasteiger partial charge is 0.494 e. The fourth-order valence-corrected chi connectivity index (χ4v) is 2.37. The number of carbonyl (C=O) groups excluding carboxylic acids is 1. The number of amides is 1. The van der Waals surface area contributed by atoms with Crippen molar-refractivity contribution in [1.82, 2.24) is 10.2 Å². The van der Waals surface area contributed by atoms with Gasteiger partial charge in [-0.05, 0) is 49.7 Å². The minimum atomic E-state index is -0.315. The highest BCUT2D eigenvalue weighted by molar-refractivity contribution is 6.03. The lowest BCUT2D eigenvalue weighted by atomic mass is 10.1. The second-order valence-corrected chi connectivity index (χ2v) is 5.96. The number of benzene rings is 2. The maximum absolute atomic E-state index is 12.3. The molecular formula is C20H21N3O3. The van der Waals surface area contributed by atoms with Crippen LogP contribution in [0.1, 0.15) is 35.7 Å². The van der Waals surface area contributed by atoms with Gasteiger partial charge in [0.2, 0.25) is 5.89 Å². The second kappa shape index (κ2) is 8.29. The van der Waals surface area contributed by atoms with Gasteiger partial charge >= 0.3 is 6.01 Å². The Labute approximate surface area is 152 Å². The highest BCUT2D eigenvalue weighted by atomic mass is 16.5. The molecule has 2 aromatic carbocycles. The first-order valence-electron chi connectivity index (χ1n) is 8.60. The molecule has 1 N–H and O–H groups in total. The Hall–Kier alpha value is -3.15. The van der Waals surface area contributed by atoms with Gasteiger partial charge in [-0.1, -0.05) is 36.1 Å². The standard InChI is InChI=1S/C20H21N3O3/c1-3-4-12-25-17-10-8-15(9-11-17)18(24)21-20-23-22-19(26-20)16-7-5-6-14(2)13-16/h5-11,13H,3-4,12H2,1-2H3,(H,21,23,24). The Balaban J connectivity index is 1.63. The van der Waals surface area contributed by atoms with Crippen molar-refractivity contribution in [2.24, 2.45) is 0 Å². The summed E-state index contributed by atoms with van der Waals surface area (Å²) in [7, 11) is 0. The van der Waals surface area contributed by atoms with Gasteiger partial charge in [-0.25, -0.2) is 0 Å². The van der Waals surface area contributed by atoms with Crippen molar-refractivity contribution >= 4 is 11.9 Å². The maximum Gasteiger partial charge on any atom is 0.322 e. The van der Waals surface area contributed by atoms with Gasteiger partial charge in [0.1, 0.15) is 5.75 Å². The van der Waals surface area contributed by atoms with E-state index in [2.05, 4.69) is 22.4 Å². The van der Waals surface area contributed by atoms with Crippen LogP contribution in [0.25, 0.3) is 11.5 Å². The van der Waals surface area contributed by atoms with E-state index in [1.54, 1.807) is 24.3 Å². The summed E-state index contributed by atoms with van der Waals surface area (Å²) in [5, 5.41) is 10.5. The van der Waals surface area contributed by atoms with Crippen LogP contribution in [0.3, 0.4) is 0 Å². The molecule has 134 valence electrons. The van der Waals surface area contributed by atoms with E-state index in [9.17, 15) is 4.79 Å². The Morgan fingerprint density at radius 1 is 1.15 bits per heavy atom.